The summed E-state index contributed by atoms with van der Waals surface area (Å²) < 4.78 is 7.59. The van der Waals surface area contributed by atoms with Crippen molar-refractivity contribution in [3.05, 3.63) is 78.4 Å². The van der Waals surface area contributed by atoms with Crippen molar-refractivity contribution in [2.24, 2.45) is 0 Å². The van der Waals surface area contributed by atoms with Crippen molar-refractivity contribution >= 4 is 33.7 Å². The van der Waals surface area contributed by atoms with E-state index in [1.807, 2.05) is 48.5 Å². The number of nitrogens with zero attached hydrogens (tertiary/aromatic N) is 4. The third kappa shape index (κ3) is 2.84. The van der Waals surface area contributed by atoms with Gasteiger partial charge in [-0.3, -0.25) is 4.57 Å². The Morgan fingerprint density at radius 3 is 2.03 bits per heavy atom. The Labute approximate surface area is 171 Å². The molecule has 4 N–H and O–H groups in total. The van der Waals surface area contributed by atoms with Gasteiger partial charge in [0.25, 0.3) is 0 Å². The van der Waals surface area contributed by atoms with Gasteiger partial charge in [-0.2, -0.15) is 5.26 Å². The Morgan fingerprint density at radius 1 is 0.800 bits per heavy atom. The van der Waals surface area contributed by atoms with Crippen LogP contribution in [0.5, 0.6) is 11.5 Å². The fraction of sp³-hybridized carbons (Fsp3) is 0. The fourth-order valence-corrected chi connectivity index (χ4v) is 3.37. The lowest BCUT2D eigenvalue weighted by Gasteiger charge is -2.10. The zero-order valence-electron chi connectivity index (χ0n) is 15.8. The molecule has 0 saturated heterocycles. The zero-order valence-corrected chi connectivity index (χ0v) is 15.8. The summed E-state index contributed by atoms with van der Waals surface area (Å²) in [5, 5.41) is 9.64. The molecule has 3 aromatic carbocycles. The number of para-hydroxylation sites is 2. The van der Waals surface area contributed by atoms with Crippen molar-refractivity contribution in [3.63, 3.8) is 0 Å². The van der Waals surface area contributed by atoms with E-state index in [4.69, 9.17) is 21.2 Å². The lowest BCUT2D eigenvalue weighted by molar-refractivity contribution is 0.482. The molecule has 0 aliphatic rings. The van der Waals surface area contributed by atoms with Crippen LogP contribution in [-0.2, 0) is 0 Å². The number of hydrogen-bond acceptors (Lipinski definition) is 6. The van der Waals surface area contributed by atoms with E-state index in [1.165, 1.54) is 0 Å². The first-order valence-electron chi connectivity index (χ1n) is 9.24. The first kappa shape index (κ1) is 17.5. The second kappa shape index (κ2) is 6.79. The van der Waals surface area contributed by atoms with Gasteiger partial charge >= 0.3 is 0 Å². The zero-order chi connectivity index (χ0) is 20.7. The molecule has 2 heterocycles. The van der Waals surface area contributed by atoms with Crippen molar-refractivity contribution in [3.8, 4) is 23.3 Å². The molecule has 7 heteroatoms. The molecule has 0 bridgehead atoms. The smallest absolute Gasteiger partial charge is 0.167 e. The van der Waals surface area contributed by atoms with Gasteiger partial charge in [0.2, 0.25) is 0 Å². The molecule has 7 nitrogen and oxygen atoms in total. The number of rotatable bonds is 3. The van der Waals surface area contributed by atoms with Gasteiger partial charge in [-0.25, -0.2) is 9.97 Å². The Hall–Kier alpha value is -4.57. The highest BCUT2D eigenvalue weighted by Gasteiger charge is 2.19. The highest BCUT2D eigenvalue weighted by atomic mass is 16.5. The molecule has 5 aromatic rings. The van der Waals surface area contributed by atoms with Gasteiger partial charge in [0.05, 0.1) is 11.0 Å². The lowest BCUT2D eigenvalue weighted by Crippen LogP contribution is -2.01. The van der Waals surface area contributed by atoms with E-state index < -0.39 is 0 Å². The Balaban J connectivity index is 1.60. The van der Waals surface area contributed by atoms with Gasteiger partial charge in [-0.05, 0) is 60.7 Å². The van der Waals surface area contributed by atoms with Crippen LogP contribution in [0.2, 0.25) is 0 Å². The molecule has 0 aliphatic carbocycles. The van der Waals surface area contributed by atoms with E-state index in [-0.39, 0.29) is 0 Å². The van der Waals surface area contributed by atoms with Crippen LogP contribution in [0.1, 0.15) is 5.56 Å². The van der Waals surface area contributed by atoms with E-state index >= 15 is 0 Å². The highest BCUT2D eigenvalue weighted by molar-refractivity contribution is 5.93. The fourth-order valence-electron chi connectivity index (χ4n) is 3.37. The van der Waals surface area contributed by atoms with Gasteiger partial charge in [0, 0.05) is 11.4 Å². The van der Waals surface area contributed by atoms with Crippen LogP contribution in [-0.4, -0.2) is 14.5 Å². The van der Waals surface area contributed by atoms with E-state index in [9.17, 15) is 5.26 Å². The summed E-state index contributed by atoms with van der Waals surface area (Å²) in [5.41, 5.74) is 16.2. The summed E-state index contributed by atoms with van der Waals surface area (Å²) in [5.74, 6) is 1.65. The maximum atomic E-state index is 9.64. The minimum absolute atomic E-state index is 0.301. The minimum Gasteiger partial charge on any atom is -0.457 e. The van der Waals surface area contributed by atoms with Crippen LogP contribution in [0.25, 0.3) is 27.9 Å². The molecule has 0 aliphatic heterocycles. The maximum absolute atomic E-state index is 9.64. The number of nitrogens with two attached hydrogens (primary N) is 2. The van der Waals surface area contributed by atoms with Gasteiger partial charge in [-0.1, -0.05) is 12.1 Å². The summed E-state index contributed by atoms with van der Waals surface area (Å²) in [6.45, 7) is 0. The molecule has 5 rings (SSSR count). The standard InChI is InChI=1S/C23H16N6O/c24-13-18-21-23(28-20-4-2-1-3-19(20)27-21)29(22(18)26)15-7-11-17(12-8-15)30-16-9-5-14(25)6-10-16/h1-12H,25-26H2. The van der Waals surface area contributed by atoms with E-state index in [0.29, 0.717) is 45.2 Å². The Kier molecular flexibility index (Phi) is 3.97. The summed E-state index contributed by atoms with van der Waals surface area (Å²) in [4.78, 5) is 9.32. The number of nitrogen functional groups attached to an aromatic ring is 2. The Bertz CT molecular complexity index is 1430. The van der Waals surface area contributed by atoms with Gasteiger partial charge in [0.15, 0.2) is 5.65 Å². The average Bonchev–Trinajstić information content (AvgIpc) is 3.04. The molecule has 0 radical (unpaired) electrons. The number of aromatic nitrogens is 3. The number of benzene rings is 3. The second-order valence-electron chi connectivity index (χ2n) is 6.76. The van der Waals surface area contributed by atoms with Crippen molar-refractivity contribution in [1.29, 1.82) is 5.26 Å². The summed E-state index contributed by atoms with van der Waals surface area (Å²) >= 11 is 0. The molecule has 0 unspecified atom stereocenters. The second-order valence-corrected chi connectivity index (χ2v) is 6.76. The first-order valence-corrected chi connectivity index (χ1v) is 9.24. The van der Waals surface area contributed by atoms with Crippen molar-refractivity contribution in [2.45, 2.75) is 0 Å². The topological polar surface area (TPSA) is 116 Å². The van der Waals surface area contributed by atoms with Crippen LogP contribution in [0.3, 0.4) is 0 Å². The normalized spacial score (nSPS) is 10.9. The minimum atomic E-state index is 0.301. The van der Waals surface area contributed by atoms with Crippen LogP contribution in [0.4, 0.5) is 11.5 Å². The largest absolute Gasteiger partial charge is 0.457 e. The van der Waals surface area contributed by atoms with Gasteiger partial charge < -0.3 is 16.2 Å². The number of fused-ring (bicyclic) bond motifs is 2. The number of anilines is 2. The van der Waals surface area contributed by atoms with Crippen molar-refractivity contribution < 1.29 is 4.74 Å². The first-order chi connectivity index (χ1) is 14.6. The quantitative estimate of drug-likeness (QED) is 0.440. The molecule has 30 heavy (non-hydrogen) atoms. The summed E-state index contributed by atoms with van der Waals surface area (Å²) in [7, 11) is 0. The molecule has 144 valence electrons. The van der Waals surface area contributed by atoms with Crippen LogP contribution >= 0.6 is 0 Å². The van der Waals surface area contributed by atoms with E-state index in [0.717, 1.165) is 11.2 Å². The highest BCUT2D eigenvalue weighted by Crippen LogP contribution is 2.31. The molecule has 0 atom stereocenters. The van der Waals surface area contributed by atoms with Crippen molar-refractivity contribution in [1.82, 2.24) is 14.5 Å². The SMILES string of the molecule is N#Cc1c(N)n(-c2ccc(Oc3ccc(N)cc3)cc2)c2nc3ccccc3nc12. The third-order valence-electron chi connectivity index (χ3n) is 4.82. The van der Waals surface area contributed by atoms with Crippen LogP contribution in [0, 0.1) is 11.3 Å². The van der Waals surface area contributed by atoms with E-state index in [2.05, 4.69) is 11.1 Å². The molecule has 0 amide bonds. The van der Waals surface area contributed by atoms with Crippen LogP contribution in [0.15, 0.2) is 72.8 Å². The van der Waals surface area contributed by atoms with E-state index in [1.54, 1.807) is 28.8 Å². The number of nitriles is 1. The maximum Gasteiger partial charge on any atom is 0.167 e. The Morgan fingerprint density at radius 2 is 1.40 bits per heavy atom. The molecule has 0 spiro atoms. The molecule has 2 aromatic heterocycles. The lowest BCUT2D eigenvalue weighted by atomic mass is 10.2. The summed E-state index contributed by atoms with van der Waals surface area (Å²) in [6.07, 6.45) is 0. The van der Waals surface area contributed by atoms with Gasteiger partial charge in [0.1, 0.15) is 34.5 Å². The predicted octanol–water partition coefficient (Wildman–Crippen LogP) is 4.40. The third-order valence-corrected chi connectivity index (χ3v) is 4.82. The number of ether oxygens (including phenoxy) is 1. The predicted molar refractivity (Wildman–Crippen MR) is 116 cm³/mol. The molecule has 0 saturated carbocycles. The van der Waals surface area contributed by atoms with Crippen LogP contribution < -0.4 is 16.2 Å². The number of hydrogen-bond donors (Lipinski definition) is 2. The monoisotopic (exact) mass is 392 g/mol. The molecular weight excluding hydrogens is 376 g/mol. The van der Waals surface area contributed by atoms with Crippen molar-refractivity contribution in [2.75, 3.05) is 11.5 Å². The molecule has 0 fully saturated rings. The van der Waals surface area contributed by atoms with Gasteiger partial charge in [-0.15, -0.1) is 0 Å². The molecular formula is C23H16N6O. The average molecular weight is 392 g/mol. The summed E-state index contributed by atoms with van der Waals surface area (Å²) in [6, 6.07) is 24.2.